The van der Waals surface area contributed by atoms with Gasteiger partial charge in [-0.3, -0.25) is 9.59 Å². The summed E-state index contributed by atoms with van der Waals surface area (Å²) in [4.78, 5) is 36.1. The van der Waals surface area contributed by atoms with Gasteiger partial charge >= 0.3 is 0 Å². The van der Waals surface area contributed by atoms with Crippen LogP contribution in [0.25, 0.3) is 0 Å². The van der Waals surface area contributed by atoms with Crippen LogP contribution in [0, 0.1) is 5.92 Å². The van der Waals surface area contributed by atoms with E-state index in [9.17, 15) is 9.59 Å². The highest BCUT2D eigenvalue weighted by molar-refractivity contribution is 5.96. The third kappa shape index (κ3) is 7.10. The lowest BCUT2D eigenvalue weighted by molar-refractivity contribution is -0.122. The first-order valence-corrected chi connectivity index (χ1v) is 12.6. The third-order valence-electron chi connectivity index (χ3n) is 6.81. The van der Waals surface area contributed by atoms with Gasteiger partial charge in [-0.05, 0) is 42.7 Å². The second-order valence-electron chi connectivity index (χ2n) is 9.58. The van der Waals surface area contributed by atoms with Gasteiger partial charge in [0.25, 0.3) is 0 Å². The molecule has 1 aromatic carbocycles. The predicted octanol–water partition coefficient (Wildman–Crippen LogP) is 4.10. The van der Waals surface area contributed by atoms with Crippen molar-refractivity contribution in [3.8, 4) is 0 Å². The zero-order valence-corrected chi connectivity index (χ0v) is 20.2. The maximum Gasteiger partial charge on any atom is 0.222 e. The van der Waals surface area contributed by atoms with Gasteiger partial charge in [-0.2, -0.15) is 0 Å². The van der Waals surface area contributed by atoms with Crippen LogP contribution >= 0.6 is 0 Å². The topological polar surface area (TPSA) is 84.4 Å². The molecule has 2 aliphatic rings. The van der Waals surface area contributed by atoms with E-state index in [0.29, 0.717) is 37.7 Å². The molecule has 4 rings (SSSR count). The normalized spacial score (nSPS) is 16.3. The molecule has 34 heavy (non-hydrogen) atoms. The minimum absolute atomic E-state index is 0.000663. The van der Waals surface area contributed by atoms with E-state index in [1.54, 1.807) is 13.4 Å². The predicted molar refractivity (Wildman–Crippen MR) is 132 cm³/mol. The first-order valence-electron chi connectivity index (χ1n) is 12.6. The van der Waals surface area contributed by atoms with E-state index in [1.165, 1.54) is 44.9 Å². The van der Waals surface area contributed by atoms with Crippen molar-refractivity contribution in [2.24, 2.45) is 5.92 Å². The van der Waals surface area contributed by atoms with Gasteiger partial charge < -0.3 is 15.0 Å². The molecule has 2 aromatic rings. The minimum atomic E-state index is -0.0374. The molecule has 2 fully saturated rings. The average Bonchev–Trinajstić information content (AvgIpc) is 3.70. The Morgan fingerprint density at radius 2 is 1.76 bits per heavy atom. The number of carbonyl (C=O) groups is 2. The molecule has 2 aliphatic carbocycles. The number of hydrogen-bond acceptors (Lipinski definition) is 6. The Balaban J connectivity index is 1.36. The van der Waals surface area contributed by atoms with Crippen LogP contribution in [0.2, 0.25) is 0 Å². The van der Waals surface area contributed by atoms with Crippen LogP contribution in [0.5, 0.6) is 0 Å². The number of hydrogen-bond donors (Lipinski definition) is 1. The summed E-state index contributed by atoms with van der Waals surface area (Å²) in [7, 11) is 1.58. The fourth-order valence-electron chi connectivity index (χ4n) is 4.59. The van der Waals surface area contributed by atoms with Crippen LogP contribution in [-0.4, -0.2) is 48.0 Å². The summed E-state index contributed by atoms with van der Waals surface area (Å²) in [5.74, 6) is 1.62. The number of ketones is 1. The molecule has 1 amide bonds. The number of nitrogens with zero attached hydrogens (tertiary/aromatic N) is 3. The molecule has 2 saturated carbocycles. The van der Waals surface area contributed by atoms with Crippen molar-refractivity contribution in [3.05, 3.63) is 53.5 Å². The number of aromatic nitrogens is 2. The van der Waals surface area contributed by atoms with Crippen molar-refractivity contribution >= 4 is 17.5 Å². The van der Waals surface area contributed by atoms with Gasteiger partial charge in [0.2, 0.25) is 5.91 Å². The first kappa shape index (κ1) is 24.3. The molecule has 0 bridgehead atoms. The molecule has 1 heterocycles. The lowest BCUT2D eigenvalue weighted by atomic mass is 9.94. The Labute approximate surface area is 202 Å². The summed E-state index contributed by atoms with van der Waals surface area (Å²) in [5.41, 5.74) is 2.41. The summed E-state index contributed by atoms with van der Waals surface area (Å²) in [6, 6.07) is 10.2. The number of ether oxygens (including phenoxy) is 1. The Morgan fingerprint density at radius 1 is 1.03 bits per heavy atom. The van der Waals surface area contributed by atoms with Gasteiger partial charge in [0.1, 0.15) is 17.8 Å². The van der Waals surface area contributed by atoms with Crippen LogP contribution in [-0.2, 0) is 22.5 Å². The van der Waals surface area contributed by atoms with E-state index in [2.05, 4.69) is 20.2 Å². The molecule has 0 spiro atoms. The van der Waals surface area contributed by atoms with Crippen LogP contribution in [0.15, 0.2) is 36.7 Å². The van der Waals surface area contributed by atoms with Crippen molar-refractivity contribution in [3.63, 3.8) is 0 Å². The van der Waals surface area contributed by atoms with E-state index in [-0.39, 0.29) is 11.7 Å². The molecule has 1 aromatic heterocycles. The average molecular weight is 465 g/mol. The summed E-state index contributed by atoms with van der Waals surface area (Å²) in [6.07, 6.45) is 11.1. The van der Waals surface area contributed by atoms with E-state index >= 15 is 0 Å². The molecule has 0 saturated heterocycles. The third-order valence-corrected chi connectivity index (χ3v) is 6.81. The smallest absolute Gasteiger partial charge is 0.222 e. The number of rotatable bonds is 12. The zero-order chi connectivity index (χ0) is 23.8. The Kier molecular flexibility index (Phi) is 8.63. The number of Topliss-reactive ketones (excluding diaryl/α,β-unsaturated/α-hetero) is 1. The van der Waals surface area contributed by atoms with Gasteiger partial charge in [-0.15, -0.1) is 0 Å². The lowest BCUT2D eigenvalue weighted by Gasteiger charge is -2.35. The molecule has 7 nitrogen and oxygen atoms in total. The van der Waals surface area contributed by atoms with Gasteiger partial charge in [-0.1, -0.05) is 43.5 Å². The molecule has 0 unspecified atom stereocenters. The molecule has 1 N–H and O–H groups in total. The molecule has 0 radical (unpaired) electrons. The van der Waals surface area contributed by atoms with Gasteiger partial charge in [0.05, 0.1) is 6.61 Å². The maximum atomic E-state index is 13.0. The molecule has 182 valence electrons. The minimum Gasteiger partial charge on any atom is -0.384 e. The van der Waals surface area contributed by atoms with Crippen LogP contribution < -0.4 is 10.2 Å². The summed E-state index contributed by atoms with van der Waals surface area (Å²) < 4.78 is 4.92. The highest BCUT2D eigenvalue weighted by Gasteiger charge is 2.30. The van der Waals surface area contributed by atoms with Crippen molar-refractivity contribution in [1.82, 2.24) is 15.3 Å². The fraction of sp³-hybridized carbons (Fsp3) is 0.556. The summed E-state index contributed by atoms with van der Waals surface area (Å²) in [5, 5.41) is 2.87. The molecule has 7 heteroatoms. The van der Waals surface area contributed by atoms with Crippen LogP contribution in [0.1, 0.15) is 73.0 Å². The summed E-state index contributed by atoms with van der Waals surface area (Å²) in [6.45, 7) is 1.92. The zero-order valence-electron chi connectivity index (χ0n) is 20.2. The largest absolute Gasteiger partial charge is 0.384 e. The SMILES string of the molecule is COCCC(=O)NCc1ccc(CC(=O)c2cc(N(CC3CC3)C3CCCCC3)ncn2)cc1. The number of nitrogens with one attached hydrogen (secondary N) is 1. The molecular formula is C27H36N4O3. The lowest BCUT2D eigenvalue weighted by Crippen LogP contribution is -2.39. The standard InChI is InChI=1S/C27H36N4O3/c1-34-14-13-27(33)28-17-21-9-7-20(8-10-21)15-25(32)24-16-26(30-19-29-24)31(18-22-11-12-22)23-5-3-2-4-6-23/h7-10,16,19,22-23H,2-6,11-15,17-18H2,1H3,(H,28,33). The van der Waals surface area contributed by atoms with Crippen LogP contribution in [0.4, 0.5) is 5.82 Å². The number of benzene rings is 1. The van der Waals surface area contributed by atoms with E-state index < -0.39 is 0 Å². The first-order chi connectivity index (χ1) is 16.6. The van der Waals surface area contributed by atoms with Crippen molar-refractivity contribution in [2.45, 2.75) is 70.4 Å². The number of carbonyl (C=O) groups excluding carboxylic acids is 2. The van der Waals surface area contributed by atoms with E-state index in [0.717, 1.165) is 29.4 Å². The van der Waals surface area contributed by atoms with Crippen molar-refractivity contribution < 1.29 is 14.3 Å². The second kappa shape index (κ2) is 12.1. The maximum absolute atomic E-state index is 13.0. The Morgan fingerprint density at radius 3 is 2.47 bits per heavy atom. The Hall–Kier alpha value is -2.80. The Bertz CT molecular complexity index is 953. The highest BCUT2D eigenvalue weighted by Crippen LogP contribution is 2.34. The summed E-state index contributed by atoms with van der Waals surface area (Å²) >= 11 is 0. The van der Waals surface area contributed by atoms with Crippen LogP contribution in [0.3, 0.4) is 0 Å². The number of anilines is 1. The van der Waals surface area contributed by atoms with E-state index in [4.69, 9.17) is 4.74 Å². The van der Waals surface area contributed by atoms with Gasteiger partial charge in [0.15, 0.2) is 5.78 Å². The van der Waals surface area contributed by atoms with Gasteiger partial charge in [0, 0.05) is 45.1 Å². The molecule has 0 atom stereocenters. The monoisotopic (exact) mass is 464 g/mol. The fourth-order valence-corrected chi connectivity index (χ4v) is 4.59. The van der Waals surface area contributed by atoms with E-state index in [1.807, 2.05) is 30.3 Å². The molecule has 0 aliphatic heterocycles. The van der Waals surface area contributed by atoms with Crippen molar-refractivity contribution in [1.29, 1.82) is 0 Å². The number of methoxy groups -OCH3 is 1. The quantitative estimate of drug-likeness (QED) is 0.476. The second-order valence-corrected chi connectivity index (χ2v) is 9.58. The van der Waals surface area contributed by atoms with Crippen molar-refractivity contribution in [2.75, 3.05) is 25.2 Å². The highest BCUT2D eigenvalue weighted by atomic mass is 16.5. The van der Waals surface area contributed by atoms with Gasteiger partial charge in [-0.25, -0.2) is 9.97 Å². The molecular weight excluding hydrogens is 428 g/mol. The number of amides is 1.